The molecule has 102 valence electrons. The molecule has 0 aliphatic heterocycles. The average Bonchev–Trinajstić information content (AvgIpc) is 2.36. The van der Waals surface area contributed by atoms with E-state index >= 15 is 0 Å². The SMILES string of the molecule is CC(C)(C#N)CCCOc1cc(C(=O)O)ccc1Br. The highest BCUT2D eigenvalue weighted by Gasteiger charge is 2.16. The van der Waals surface area contributed by atoms with Gasteiger partial charge in [-0.1, -0.05) is 0 Å². The maximum absolute atomic E-state index is 10.9. The molecule has 0 aromatic heterocycles. The Kier molecular flexibility index (Phi) is 5.37. The van der Waals surface area contributed by atoms with Crippen molar-refractivity contribution in [3.63, 3.8) is 0 Å². The second kappa shape index (κ2) is 6.58. The number of carbonyl (C=O) groups is 1. The van der Waals surface area contributed by atoms with Gasteiger partial charge in [-0.05, 0) is 60.8 Å². The standard InChI is InChI=1S/C14H16BrNO3/c1-14(2,9-16)6-3-7-19-12-8-10(13(17)18)4-5-11(12)15/h4-5,8H,3,6-7H2,1-2H3,(H,17,18). The first-order valence-corrected chi connectivity index (χ1v) is 6.72. The molecule has 0 fully saturated rings. The summed E-state index contributed by atoms with van der Waals surface area (Å²) >= 11 is 3.31. The van der Waals surface area contributed by atoms with E-state index in [1.165, 1.54) is 12.1 Å². The zero-order valence-corrected chi connectivity index (χ0v) is 12.5. The van der Waals surface area contributed by atoms with Gasteiger partial charge < -0.3 is 9.84 Å². The topological polar surface area (TPSA) is 70.3 Å². The van der Waals surface area contributed by atoms with Gasteiger partial charge in [0.2, 0.25) is 0 Å². The molecule has 0 unspecified atom stereocenters. The van der Waals surface area contributed by atoms with Crippen molar-refractivity contribution in [3.8, 4) is 11.8 Å². The van der Waals surface area contributed by atoms with Crippen molar-refractivity contribution in [2.75, 3.05) is 6.61 Å². The maximum Gasteiger partial charge on any atom is 0.335 e. The van der Waals surface area contributed by atoms with Gasteiger partial charge in [0.05, 0.1) is 28.1 Å². The first kappa shape index (κ1) is 15.5. The second-order valence-electron chi connectivity index (χ2n) is 4.90. The van der Waals surface area contributed by atoms with Crippen LogP contribution in [0, 0.1) is 16.7 Å². The molecule has 1 rings (SSSR count). The molecule has 0 radical (unpaired) electrons. The molecular weight excluding hydrogens is 310 g/mol. The van der Waals surface area contributed by atoms with Crippen LogP contribution in [0.3, 0.4) is 0 Å². The van der Waals surface area contributed by atoms with Gasteiger partial charge in [-0.15, -0.1) is 0 Å². The molecule has 5 heteroatoms. The van der Waals surface area contributed by atoms with Gasteiger partial charge in [0.15, 0.2) is 0 Å². The van der Waals surface area contributed by atoms with E-state index in [0.29, 0.717) is 12.4 Å². The number of halogens is 1. The summed E-state index contributed by atoms with van der Waals surface area (Å²) in [5.74, 6) is -0.474. The van der Waals surface area contributed by atoms with Gasteiger partial charge in [0.25, 0.3) is 0 Å². The Bertz CT molecular complexity index is 506. The summed E-state index contributed by atoms with van der Waals surface area (Å²) in [4.78, 5) is 10.9. The smallest absolute Gasteiger partial charge is 0.335 e. The van der Waals surface area contributed by atoms with Crippen LogP contribution in [-0.2, 0) is 0 Å². The molecule has 4 nitrogen and oxygen atoms in total. The number of nitrogens with zero attached hydrogens (tertiary/aromatic N) is 1. The van der Waals surface area contributed by atoms with Crippen molar-refractivity contribution in [3.05, 3.63) is 28.2 Å². The Morgan fingerprint density at radius 1 is 1.53 bits per heavy atom. The van der Waals surface area contributed by atoms with E-state index in [1.807, 2.05) is 13.8 Å². The lowest BCUT2D eigenvalue weighted by atomic mass is 9.90. The largest absolute Gasteiger partial charge is 0.492 e. The predicted octanol–water partition coefficient (Wildman–Crippen LogP) is 3.86. The van der Waals surface area contributed by atoms with E-state index in [2.05, 4.69) is 22.0 Å². The van der Waals surface area contributed by atoms with Crippen molar-refractivity contribution in [2.24, 2.45) is 5.41 Å². The number of carboxylic acid groups (broad SMARTS) is 1. The quantitative estimate of drug-likeness (QED) is 0.806. The molecule has 19 heavy (non-hydrogen) atoms. The second-order valence-corrected chi connectivity index (χ2v) is 5.75. The van der Waals surface area contributed by atoms with Gasteiger partial charge in [-0.25, -0.2) is 4.79 Å². The van der Waals surface area contributed by atoms with Gasteiger partial charge in [0, 0.05) is 0 Å². The number of hydrogen-bond acceptors (Lipinski definition) is 3. The maximum atomic E-state index is 10.9. The van der Waals surface area contributed by atoms with Gasteiger partial charge in [-0.2, -0.15) is 5.26 Å². The molecule has 0 amide bonds. The van der Waals surface area contributed by atoms with E-state index in [9.17, 15) is 4.79 Å². The fraction of sp³-hybridized carbons (Fsp3) is 0.429. The minimum absolute atomic E-state index is 0.190. The lowest BCUT2D eigenvalue weighted by molar-refractivity contribution is 0.0696. The Labute approximate surface area is 121 Å². The molecule has 1 aromatic rings. The first-order chi connectivity index (χ1) is 8.85. The predicted molar refractivity (Wildman–Crippen MR) is 75.2 cm³/mol. The van der Waals surface area contributed by atoms with Gasteiger partial charge >= 0.3 is 5.97 Å². The third kappa shape index (κ3) is 4.92. The highest BCUT2D eigenvalue weighted by atomic mass is 79.9. The number of rotatable bonds is 6. The van der Waals surface area contributed by atoms with E-state index in [-0.39, 0.29) is 11.0 Å². The Balaban J connectivity index is 2.56. The molecule has 1 N–H and O–H groups in total. The number of benzene rings is 1. The third-order valence-electron chi connectivity index (χ3n) is 2.68. The number of nitriles is 1. The monoisotopic (exact) mass is 325 g/mol. The highest BCUT2D eigenvalue weighted by molar-refractivity contribution is 9.10. The summed E-state index contributed by atoms with van der Waals surface area (Å²) in [7, 11) is 0. The van der Waals surface area contributed by atoms with Crippen LogP contribution >= 0.6 is 15.9 Å². The van der Waals surface area contributed by atoms with Crippen molar-refractivity contribution in [1.82, 2.24) is 0 Å². The summed E-state index contributed by atoms with van der Waals surface area (Å²) in [6, 6.07) is 6.88. The zero-order chi connectivity index (χ0) is 14.5. The molecule has 1 aromatic carbocycles. The Morgan fingerprint density at radius 3 is 2.79 bits per heavy atom. The van der Waals surface area contributed by atoms with Crippen LogP contribution in [0.15, 0.2) is 22.7 Å². The number of aromatic carboxylic acids is 1. The van der Waals surface area contributed by atoms with Crippen molar-refractivity contribution in [2.45, 2.75) is 26.7 Å². The Hall–Kier alpha value is -1.54. The molecular formula is C14H16BrNO3. The summed E-state index contributed by atoms with van der Waals surface area (Å²) < 4.78 is 6.27. The fourth-order valence-corrected chi connectivity index (χ4v) is 1.86. The van der Waals surface area contributed by atoms with Crippen molar-refractivity contribution >= 4 is 21.9 Å². The molecule has 0 atom stereocenters. The van der Waals surface area contributed by atoms with Crippen LogP contribution in [0.25, 0.3) is 0 Å². The normalized spacial score (nSPS) is 10.8. The van der Waals surface area contributed by atoms with Gasteiger partial charge in [0.1, 0.15) is 5.75 Å². The van der Waals surface area contributed by atoms with Crippen LogP contribution in [0.1, 0.15) is 37.0 Å². The first-order valence-electron chi connectivity index (χ1n) is 5.92. The molecule has 0 aliphatic rings. The molecule has 0 aliphatic carbocycles. The van der Waals surface area contributed by atoms with Gasteiger partial charge in [-0.3, -0.25) is 0 Å². The van der Waals surface area contributed by atoms with E-state index in [4.69, 9.17) is 15.1 Å². The highest BCUT2D eigenvalue weighted by Crippen LogP contribution is 2.27. The lowest BCUT2D eigenvalue weighted by Crippen LogP contribution is -2.10. The summed E-state index contributed by atoms with van der Waals surface area (Å²) in [6.45, 7) is 4.22. The van der Waals surface area contributed by atoms with Crippen LogP contribution < -0.4 is 4.74 Å². The van der Waals surface area contributed by atoms with Crippen LogP contribution in [-0.4, -0.2) is 17.7 Å². The van der Waals surface area contributed by atoms with E-state index in [0.717, 1.165) is 17.3 Å². The zero-order valence-electron chi connectivity index (χ0n) is 10.9. The average molecular weight is 326 g/mol. The molecule has 0 saturated carbocycles. The Morgan fingerprint density at radius 2 is 2.21 bits per heavy atom. The van der Waals surface area contributed by atoms with Crippen molar-refractivity contribution < 1.29 is 14.6 Å². The van der Waals surface area contributed by atoms with E-state index in [1.54, 1.807) is 6.07 Å². The summed E-state index contributed by atoms with van der Waals surface area (Å²) in [5, 5.41) is 17.8. The number of ether oxygens (including phenoxy) is 1. The minimum atomic E-state index is -0.983. The van der Waals surface area contributed by atoms with Crippen LogP contribution in [0.2, 0.25) is 0 Å². The molecule has 0 heterocycles. The molecule has 0 saturated heterocycles. The van der Waals surface area contributed by atoms with E-state index < -0.39 is 5.97 Å². The van der Waals surface area contributed by atoms with Crippen molar-refractivity contribution in [1.29, 1.82) is 5.26 Å². The summed E-state index contributed by atoms with van der Waals surface area (Å²) in [5.41, 5.74) is -0.167. The molecule has 0 spiro atoms. The van der Waals surface area contributed by atoms with Crippen LogP contribution in [0.5, 0.6) is 5.75 Å². The molecule has 0 bridgehead atoms. The number of hydrogen-bond donors (Lipinski definition) is 1. The summed E-state index contributed by atoms with van der Waals surface area (Å²) in [6.07, 6.45) is 1.48. The minimum Gasteiger partial charge on any atom is -0.492 e. The third-order valence-corrected chi connectivity index (χ3v) is 3.34. The number of carboxylic acids is 1. The fourth-order valence-electron chi connectivity index (χ4n) is 1.50. The lowest BCUT2D eigenvalue weighted by Gasteiger charge is -2.15. The van der Waals surface area contributed by atoms with Crippen LogP contribution in [0.4, 0.5) is 0 Å².